The van der Waals surface area contributed by atoms with Crippen molar-refractivity contribution in [2.24, 2.45) is 0 Å². The van der Waals surface area contributed by atoms with Gasteiger partial charge in [-0.1, -0.05) is 38.1 Å². The van der Waals surface area contributed by atoms with Crippen molar-refractivity contribution < 1.29 is 14.3 Å². The van der Waals surface area contributed by atoms with Crippen LogP contribution in [0.25, 0.3) is 0 Å². The first-order chi connectivity index (χ1) is 10.6. The van der Waals surface area contributed by atoms with Crippen LogP contribution in [0.3, 0.4) is 0 Å². The first-order valence-corrected chi connectivity index (χ1v) is 7.80. The molecule has 118 valence electrons. The second kappa shape index (κ2) is 7.25. The summed E-state index contributed by atoms with van der Waals surface area (Å²) in [6.07, 6.45) is 3.53. The van der Waals surface area contributed by atoms with Gasteiger partial charge in [0.1, 0.15) is 6.04 Å². The van der Waals surface area contributed by atoms with E-state index in [1.54, 1.807) is 11.1 Å². The minimum atomic E-state index is -0.454. The molecule has 1 aromatic rings. The molecule has 0 spiro atoms. The van der Waals surface area contributed by atoms with E-state index in [9.17, 15) is 9.59 Å². The maximum atomic E-state index is 12.5. The molecule has 0 N–H and O–H groups in total. The van der Waals surface area contributed by atoms with Crippen LogP contribution in [0.4, 0.5) is 0 Å². The van der Waals surface area contributed by atoms with E-state index in [2.05, 4.69) is 0 Å². The van der Waals surface area contributed by atoms with Crippen molar-refractivity contribution in [2.75, 3.05) is 13.7 Å². The molecule has 1 aromatic carbocycles. The van der Waals surface area contributed by atoms with Crippen molar-refractivity contribution in [3.8, 4) is 0 Å². The number of carbonyl (C=O) groups is 2. The van der Waals surface area contributed by atoms with Gasteiger partial charge in [-0.3, -0.25) is 9.59 Å². The molecule has 1 atom stereocenters. The van der Waals surface area contributed by atoms with E-state index in [0.717, 1.165) is 18.4 Å². The number of rotatable bonds is 7. The zero-order valence-corrected chi connectivity index (χ0v) is 13.5. The lowest BCUT2D eigenvalue weighted by molar-refractivity contribution is -0.120. The van der Waals surface area contributed by atoms with Crippen molar-refractivity contribution in [3.63, 3.8) is 0 Å². The number of hydrogen-bond acceptors (Lipinski definition) is 4. The van der Waals surface area contributed by atoms with E-state index in [-0.39, 0.29) is 18.0 Å². The van der Waals surface area contributed by atoms with Gasteiger partial charge in [-0.2, -0.15) is 0 Å². The Morgan fingerprint density at radius 2 is 2.00 bits per heavy atom. The van der Waals surface area contributed by atoms with Gasteiger partial charge in [0.15, 0.2) is 11.5 Å². The van der Waals surface area contributed by atoms with Crippen LogP contribution < -0.4 is 0 Å². The molecule has 1 unspecified atom stereocenters. The van der Waals surface area contributed by atoms with Crippen LogP contribution in [-0.4, -0.2) is 36.2 Å². The Morgan fingerprint density at radius 1 is 1.27 bits per heavy atom. The van der Waals surface area contributed by atoms with Crippen molar-refractivity contribution in [1.82, 2.24) is 4.90 Å². The molecule has 0 bridgehead atoms. The van der Waals surface area contributed by atoms with E-state index in [1.165, 1.54) is 0 Å². The third kappa shape index (κ3) is 3.38. The van der Waals surface area contributed by atoms with Crippen LogP contribution in [-0.2, 0) is 16.0 Å². The second-order valence-corrected chi connectivity index (χ2v) is 5.53. The number of carbonyl (C=O) groups excluding carboxylic acids is 2. The number of benzene rings is 1. The average molecular weight is 301 g/mol. The highest BCUT2D eigenvalue weighted by Crippen LogP contribution is 2.23. The second-order valence-electron chi connectivity index (χ2n) is 5.53. The molecular weight excluding hydrogens is 278 g/mol. The Hall–Kier alpha value is -2.10. The summed E-state index contributed by atoms with van der Waals surface area (Å²) in [7, 11) is 1.81. The summed E-state index contributed by atoms with van der Waals surface area (Å²) in [5.41, 5.74) is 1.74. The first-order valence-electron chi connectivity index (χ1n) is 7.80. The number of ether oxygens (including phenoxy) is 1. The summed E-state index contributed by atoms with van der Waals surface area (Å²) in [5, 5.41) is 0. The maximum absolute atomic E-state index is 12.5. The Labute approximate surface area is 131 Å². The Morgan fingerprint density at radius 3 is 2.68 bits per heavy atom. The highest BCUT2D eigenvalue weighted by molar-refractivity contribution is 6.06. The van der Waals surface area contributed by atoms with Gasteiger partial charge >= 0.3 is 0 Å². The summed E-state index contributed by atoms with van der Waals surface area (Å²) in [5.74, 6) is 0.275. The summed E-state index contributed by atoms with van der Waals surface area (Å²) in [6, 6.07) is 7.13. The zero-order valence-electron chi connectivity index (χ0n) is 13.5. The number of nitrogens with zero attached hydrogens (tertiary/aromatic N) is 1. The highest BCUT2D eigenvalue weighted by Gasteiger charge is 2.34. The van der Waals surface area contributed by atoms with Gasteiger partial charge < -0.3 is 9.64 Å². The van der Waals surface area contributed by atoms with Crippen LogP contribution in [0.1, 0.15) is 42.6 Å². The Kier molecular flexibility index (Phi) is 5.36. The fourth-order valence-corrected chi connectivity index (χ4v) is 2.63. The molecule has 0 fully saturated rings. The quantitative estimate of drug-likeness (QED) is 0.726. The molecule has 1 aliphatic rings. The lowest BCUT2D eigenvalue weighted by Crippen LogP contribution is -2.32. The number of likely N-dealkylation sites (N-methyl/N-ethyl adjacent to an activating group) is 1. The van der Waals surface area contributed by atoms with E-state index < -0.39 is 6.04 Å². The summed E-state index contributed by atoms with van der Waals surface area (Å²) in [6.45, 7) is 4.54. The molecule has 4 heteroatoms. The molecule has 22 heavy (non-hydrogen) atoms. The van der Waals surface area contributed by atoms with Crippen LogP contribution >= 0.6 is 0 Å². The van der Waals surface area contributed by atoms with Crippen LogP contribution in [0, 0.1) is 0 Å². The smallest absolute Gasteiger partial charge is 0.221 e. The average Bonchev–Trinajstić information content (AvgIpc) is 2.80. The summed E-state index contributed by atoms with van der Waals surface area (Å²) in [4.78, 5) is 26.7. The van der Waals surface area contributed by atoms with Gasteiger partial charge in [-0.05, 0) is 18.4 Å². The molecular formula is C18H23NO3. The molecule has 0 aromatic heterocycles. The number of hydrogen-bond donors (Lipinski definition) is 0. The molecule has 0 radical (unpaired) electrons. The lowest BCUT2D eigenvalue weighted by atomic mass is 9.96. The van der Waals surface area contributed by atoms with Crippen LogP contribution in [0.2, 0.25) is 0 Å². The SMILES string of the molecule is CCCOC1=CN(C)C(CC(=O)c2ccccc2CC)C1=O. The molecule has 0 saturated heterocycles. The minimum absolute atomic E-state index is 0.00721. The molecule has 1 aliphatic heterocycles. The van der Waals surface area contributed by atoms with Crippen molar-refractivity contribution in [2.45, 2.75) is 39.2 Å². The highest BCUT2D eigenvalue weighted by atomic mass is 16.5. The number of aryl methyl sites for hydroxylation is 1. The van der Waals surface area contributed by atoms with Crippen molar-refractivity contribution >= 4 is 11.6 Å². The molecule has 0 aliphatic carbocycles. The van der Waals surface area contributed by atoms with Gasteiger partial charge in [-0.25, -0.2) is 0 Å². The predicted octanol–water partition coefficient (Wildman–Crippen LogP) is 2.97. The van der Waals surface area contributed by atoms with Crippen molar-refractivity contribution in [1.29, 1.82) is 0 Å². The minimum Gasteiger partial charge on any atom is -0.488 e. The number of ketones is 2. The third-order valence-corrected chi connectivity index (χ3v) is 3.90. The fourth-order valence-electron chi connectivity index (χ4n) is 2.63. The van der Waals surface area contributed by atoms with Gasteiger partial charge in [-0.15, -0.1) is 0 Å². The summed E-state index contributed by atoms with van der Waals surface area (Å²) >= 11 is 0. The normalized spacial score (nSPS) is 17.6. The summed E-state index contributed by atoms with van der Waals surface area (Å²) < 4.78 is 5.46. The van der Waals surface area contributed by atoms with Crippen LogP contribution in [0.15, 0.2) is 36.2 Å². The molecule has 0 saturated carbocycles. The lowest BCUT2D eigenvalue weighted by Gasteiger charge is -2.18. The standard InChI is InChI=1S/C18H23NO3/c1-4-10-22-17-12-19(3)15(18(17)21)11-16(20)14-9-7-6-8-13(14)5-2/h6-9,12,15H,4-5,10-11H2,1-3H3. The van der Waals surface area contributed by atoms with E-state index in [1.807, 2.05) is 45.2 Å². The van der Waals surface area contributed by atoms with Gasteiger partial charge in [0.25, 0.3) is 0 Å². The Balaban J connectivity index is 2.08. The fraction of sp³-hybridized carbons (Fsp3) is 0.444. The largest absolute Gasteiger partial charge is 0.488 e. The Bertz CT molecular complexity index is 592. The maximum Gasteiger partial charge on any atom is 0.221 e. The third-order valence-electron chi connectivity index (χ3n) is 3.90. The molecule has 1 heterocycles. The molecule has 2 rings (SSSR count). The van der Waals surface area contributed by atoms with Gasteiger partial charge in [0, 0.05) is 25.2 Å². The molecule has 0 amide bonds. The molecule has 4 nitrogen and oxygen atoms in total. The monoisotopic (exact) mass is 301 g/mol. The van der Waals surface area contributed by atoms with Gasteiger partial charge in [0.2, 0.25) is 5.78 Å². The zero-order chi connectivity index (χ0) is 16.1. The van der Waals surface area contributed by atoms with Crippen molar-refractivity contribution in [3.05, 3.63) is 47.4 Å². The number of Topliss-reactive ketones (excluding diaryl/α,β-unsaturated/α-hetero) is 2. The van der Waals surface area contributed by atoms with Crippen LogP contribution in [0.5, 0.6) is 0 Å². The first kappa shape index (κ1) is 16.3. The van der Waals surface area contributed by atoms with E-state index in [4.69, 9.17) is 4.74 Å². The topological polar surface area (TPSA) is 46.6 Å². The van der Waals surface area contributed by atoms with E-state index >= 15 is 0 Å². The van der Waals surface area contributed by atoms with E-state index in [0.29, 0.717) is 17.9 Å². The predicted molar refractivity (Wildman–Crippen MR) is 85.7 cm³/mol. The van der Waals surface area contributed by atoms with Gasteiger partial charge in [0.05, 0.1) is 6.61 Å².